The van der Waals surface area contributed by atoms with Crippen molar-refractivity contribution in [2.24, 2.45) is 0 Å². The second-order valence-corrected chi connectivity index (χ2v) is 8.60. The van der Waals surface area contributed by atoms with Crippen LogP contribution in [0.2, 0.25) is 5.02 Å². The second-order valence-electron chi connectivity index (χ2n) is 8.17. The molecular formula is C27H22ClN3O5. The topological polar surface area (TPSA) is 105 Å². The third kappa shape index (κ3) is 5.61. The normalized spacial score (nSPS) is 14.6. The summed E-state index contributed by atoms with van der Waals surface area (Å²) in [5.41, 5.74) is 2.83. The molecule has 2 N–H and O–H groups in total. The predicted octanol–water partition coefficient (Wildman–Crippen LogP) is 4.64. The van der Waals surface area contributed by atoms with Crippen molar-refractivity contribution in [2.75, 3.05) is 16.8 Å². The molecule has 36 heavy (non-hydrogen) atoms. The molecule has 0 aromatic heterocycles. The number of nitrogens with one attached hydrogen (secondary N) is 2. The fourth-order valence-electron chi connectivity index (χ4n) is 3.63. The highest BCUT2D eigenvalue weighted by molar-refractivity contribution is 6.39. The van der Waals surface area contributed by atoms with E-state index in [0.29, 0.717) is 27.6 Å². The van der Waals surface area contributed by atoms with Gasteiger partial charge >= 0.3 is 6.03 Å². The van der Waals surface area contributed by atoms with Crippen LogP contribution in [0.25, 0.3) is 6.08 Å². The summed E-state index contributed by atoms with van der Waals surface area (Å²) < 4.78 is 5.58. The van der Waals surface area contributed by atoms with E-state index in [1.165, 1.54) is 12.1 Å². The summed E-state index contributed by atoms with van der Waals surface area (Å²) in [5.74, 6) is -1.56. The van der Waals surface area contributed by atoms with Gasteiger partial charge in [0.25, 0.3) is 17.7 Å². The van der Waals surface area contributed by atoms with Gasteiger partial charge in [0.2, 0.25) is 0 Å². The number of imide groups is 2. The smallest absolute Gasteiger partial charge is 0.335 e. The first-order valence-electron chi connectivity index (χ1n) is 11.0. The molecule has 1 fully saturated rings. The van der Waals surface area contributed by atoms with Gasteiger partial charge < -0.3 is 10.1 Å². The van der Waals surface area contributed by atoms with Crippen LogP contribution in [-0.4, -0.2) is 30.4 Å². The lowest BCUT2D eigenvalue weighted by atomic mass is 10.1. The van der Waals surface area contributed by atoms with Gasteiger partial charge in [-0.1, -0.05) is 41.9 Å². The molecule has 1 aliphatic heterocycles. The first-order chi connectivity index (χ1) is 17.2. The number of barbiturate groups is 1. The lowest BCUT2D eigenvalue weighted by molar-refractivity contribution is -0.122. The first-order valence-corrected chi connectivity index (χ1v) is 11.4. The van der Waals surface area contributed by atoms with Crippen molar-refractivity contribution in [3.63, 3.8) is 0 Å². The summed E-state index contributed by atoms with van der Waals surface area (Å²) in [6.07, 6.45) is 1.36. The summed E-state index contributed by atoms with van der Waals surface area (Å²) in [4.78, 5) is 51.2. The van der Waals surface area contributed by atoms with Gasteiger partial charge in [-0.2, -0.15) is 0 Å². The molecule has 8 nitrogen and oxygen atoms in total. The number of nitrogens with zero attached hydrogens (tertiary/aromatic N) is 1. The van der Waals surface area contributed by atoms with E-state index in [9.17, 15) is 19.2 Å². The van der Waals surface area contributed by atoms with Crippen molar-refractivity contribution in [1.82, 2.24) is 5.32 Å². The SMILES string of the molecule is Cc1cccc(NC(=O)COc2cccc(/C=C3\C(=O)NC(=O)N(c4cc(Cl)ccc4C)C3=O)c2)c1. The Morgan fingerprint density at radius 2 is 1.81 bits per heavy atom. The summed E-state index contributed by atoms with van der Waals surface area (Å²) in [7, 11) is 0. The molecule has 3 aromatic carbocycles. The fourth-order valence-corrected chi connectivity index (χ4v) is 3.80. The minimum atomic E-state index is -0.857. The van der Waals surface area contributed by atoms with Crippen molar-refractivity contribution in [3.05, 3.63) is 94.0 Å². The van der Waals surface area contributed by atoms with E-state index in [-0.39, 0.29) is 23.8 Å². The number of carbonyl (C=O) groups excluding carboxylic acids is 4. The molecule has 1 aliphatic rings. The number of carbonyl (C=O) groups is 4. The van der Waals surface area contributed by atoms with Crippen LogP contribution >= 0.6 is 11.6 Å². The Morgan fingerprint density at radius 1 is 1.03 bits per heavy atom. The molecule has 3 aromatic rings. The van der Waals surface area contributed by atoms with Crippen LogP contribution in [0.5, 0.6) is 5.75 Å². The largest absolute Gasteiger partial charge is 0.484 e. The molecule has 0 radical (unpaired) electrons. The van der Waals surface area contributed by atoms with E-state index >= 15 is 0 Å². The first kappa shape index (κ1) is 24.7. The van der Waals surface area contributed by atoms with E-state index < -0.39 is 17.8 Å². The van der Waals surface area contributed by atoms with E-state index in [1.54, 1.807) is 49.4 Å². The molecule has 9 heteroatoms. The summed E-state index contributed by atoms with van der Waals surface area (Å²) >= 11 is 6.05. The highest BCUT2D eigenvalue weighted by Gasteiger charge is 2.37. The number of urea groups is 1. The Kier molecular flexibility index (Phi) is 7.17. The standard InChI is InChI=1S/C27H22ClN3O5/c1-16-5-3-7-20(11-16)29-24(32)15-36-21-8-4-6-18(12-21)13-22-25(33)30-27(35)31(26(22)34)23-14-19(28)10-9-17(23)2/h3-14H,15H2,1-2H3,(H,29,32)(H,30,33,35)/b22-13+. The van der Waals surface area contributed by atoms with Crippen LogP contribution in [0.15, 0.2) is 72.3 Å². The van der Waals surface area contributed by atoms with Gasteiger partial charge in [-0.15, -0.1) is 0 Å². The minimum Gasteiger partial charge on any atom is -0.484 e. The van der Waals surface area contributed by atoms with Gasteiger partial charge in [-0.3, -0.25) is 19.7 Å². The van der Waals surface area contributed by atoms with Crippen LogP contribution in [-0.2, 0) is 14.4 Å². The molecule has 4 rings (SSSR count). The summed E-state index contributed by atoms with van der Waals surface area (Å²) in [5, 5.41) is 5.29. The lowest BCUT2D eigenvalue weighted by Gasteiger charge is -2.27. The summed E-state index contributed by atoms with van der Waals surface area (Å²) in [6, 6.07) is 17.9. The third-order valence-electron chi connectivity index (χ3n) is 5.35. The number of ether oxygens (including phenoxy) is 1. The number of aryl methyl sites for hydroxylation is 2. The quantitative estimate of drug-likeness (QED) is 0.376. The molecule has 0 saturated carbocycles. The van der Waals surface area contributed by atoms with Crippen molar-refractivity contribution in [3.8, 4) is 5.75 Å². The molecular weight excluding hydrogens is 482 g/mol. The van der Waals surface area contributed by atoms with Gasteiger partial charge in [0.1, 0.15) is 11.3 Å². The van der Waals surface area contributed by atoms with Crippen LogP contribution in [0.4, 0.5) is 16.2 Å². The Hall–Kier alpha value is -4.43. The van der Waals surface area contributed by atoms with Crippen molar-refractivity contribution in [2.45, 2.75) is 13.8 Å². The van der Waals surface area contributed by atoms with Crippen LogP contribution in [0.1, 0.15) is 16.7 Å². The minimum absolute atomic E-state index is 0.232. The number of benzene rings is 3. The zero-order valence-electron chi connectivity index (χ0n) is 19.5. The number of rotatable bonds is 6. The van der Waals surface area contributed by atoms with Gasteiger partial charge in [-0.05, 0) is 73.0 Å². The Morgan fingerprint density at radius 3 is 2.58 bits per heavy atom. The molecule has 5 amide bonds. The Labute approximate surface area is 212 Å². The zero-order valence-corrected chi connectivity index (χ0v) is 20.3. The second kappa shape index (κ2) is 10.5. The van der Waals surface area contributed by atoms with E-state index in [2.05, 4.69) is 10.6 Å². The third-order valence-corrected chi connectivity index (χ3v) is 5.59. The average Bonchev–Trinajstić information content (AvgIpc) is 2.83. The maximum absolute atomic E-state index is 13.2. The Balaban J connectivity index is 1.51. The molecule has 182 valence electrons. The molecule has 0 aliphatic carbocycles. The number of amides is 5. The number of anilines is 2. The van der Waals surface area contributed by atoms with E-state index in [4.69, 9.17) is 16.3 Å². The zero-order chi connectivity index (χ0) is 25.8. The molecule has 1 heterocycles. The Bertz CT molecular complexity index is 1420. The number of hydrogen-bond acceptors (Lipinski definition) is 5. The van der Waals surface area contributed by atoms with Crippen LogP contribution in [0, 0.1) is 13.8 Å². The maximum Gasteiger partial charge on any atom is 0.335 e. The van der Waals surface area contributed by atoms with E-state index in [0.717, 1.165) is 10.5 Å². The molecule has 1 saturated heterocycles. The van der Waals surface area contributed by atoms with Crippen molar-refractivity contribution < 1.29 is 23.9 Å². The molecule has 0 spiro atoms. The van der Waals surface area contributed by atoms with Gasteiger partial charge in [0, 0.05) is 10.7 Å². The van der Waals surface area contributed by atoms with Crippen molar-refractivity contribution in [1.29, 1.82) is 0 Å². The van der Waals surface area contributed by atoms with Gasteiger partial charge in [0.15, 0.2) is 6.61 Å². The highest BCUT2D eigenvalue weighted by atomic mass is 35.5. The van der Waals surface area contributed by atoms with Gasteiger partial charge in [-0.25, -0.2) is 9.69 Å². The maximum atomic E-state index is 13.2. The van der Waals surface area contributed by atoms with Crippen molar-refractivity contribution >= 4 is 52.8 Å². The number of hydrogen-bond donors (Lipinski definition) is 2. The fraction of sp³-hybridized carbons (Fsp3) is 0.111. The number of halogens is 1. The van der Waals surface area contributed by atoms with Crippen LogP contribution < -0.4 is 20.3 Å². The van der Waals surface area contributed by atoms with E-state index in [1.807, 2.05) is 25.1 Å². The predicted molar refractivity (Wildman–Crippen MR) is 137 cm³/mol. The average molecular weight is 504 g/mol. The lowest BCUT2D eigenvalue weighted by Crippen LogP contribution is -2.54. The van der Waals surface area contributed by atoms with Crippen LogP contribution in [0.3, 0.4) is 0 Å². The van der Waals surface area contributed by atoms with Gasteiger partial charge in [0.05, 0.1) is 5.69 Å². The molecule has 0 atom stereocenters. The molecule has 0 bridgehead atoms. The monoisotopic (exact) mass is 503 g/mol. The summed E-state index contributed by atoms with van der Waals surface area (Å²) in [6.45, 7) is 3.42. The molecule has 0 unspecified atom stereocenters. The highest BCUT2D eigenvalue weighted by Crippen LogP contribution is 2.28.